The Labute approximate surface area is 207 Å². The first-order valence-corrected chi connectivity index (χ1v) is 12.0. The van der Waals surface area contributed by atoms with Gasteiger partial charge < -0.3 is 15.5 Å². The van der Waals surface area contributed by atoms with Crippen molar-refractivity contribution in [1.82, 2.24) is 9.97 Å². The van der Waals surface area contributed by atoms with Crippen LogP contribution in [0.2, 0.25) is 0 Å². The average molecular weight is 466 g/mol. The summed E-state index contributed by atoms with van der Waals surface area (Å²) in [5.41, 5.74) is 4.39. The van der Waals surface area contributed by atoms with E-state index in [-0.39, 0.29) is 5.91 Å². The number of amides is 1. The highest BCUT2D eigenvalue weighted by molar-refractivity contribution is 5.98. The van der Waals surface area contributed by atoms with Gasteiger partial charge in [-0.05, 0) is 56.2 Å². The summed E-state index contributed by atoms with van der Waals surface area (Å²) in [5.74, 6) is 0.988. The first kappa shape index (κ1) is 24.0. The molecule has 0 atom stereocenters. The largest absolute Gasteiger partial charge is 0.357 e. The molecule has 35 heavy (non-hydrogen) atoms. The molecule has 6 nitrogen and oxygen atoms in total. The SMILES string of the molecule is CCN(CC)c1cc(C)nc(Nc2ccc(NC(=O)C(c3ccccc3)c3ccccc3)cc2)n1. The van der Waals surface area contributed by atoms with Crippen molar-refractivity contribution in [3.63, 3.8) is 0 Å². The van der Waals surface area contributed by atoms with Crippen molar-refractivity contribution in [1.29, 1.82) is 0 Å². The van der Waals surface area contributed by atoms with E-state index in [4.69, 9.17) is 0 Å². The third-order valence-corrected chi connectivity index (χ3v) is 5.86. The Morgan fingerprint density at radius 1 is 0.800 bits per heavy atom. The molecule has 0 bridgehead atoms. The molecule has 3 aromatic carbocycles. The molecular weight excluding hydrogens is 434 g/mol. The smallest absolute Gasteiger partial charge is 0.236 e. The number of nitrogens with zero attached hydrogens (tertiary/aromatic N) is 3. The Kier molecular flexibility index (Phi) is 7.73. The quantitative estimate of drug-likeness (QED) is 0.310. The minimum Gasteiger partial charge on any atom is -0.357 e. The summed E-state index contributed by atoms with van der Waals surface area (Å²) in [6, 6.07) is 29.3. The molecule has 0 radical (unpaired) electrons. The number of carbonyl (C=O) groups excluding carboxylic acids is 1. The number of carbonyl (C=O) groups is 1. The van der Waals surface area contributed by atoms with Crippen LogP contribution in [-0.2, 0) is 4.79 Å². The molecule has 0 aliphatic rings. The second-order valence-electron chi connectivity index (χ2n) is 8.31. The molecule has 2 N–H and O–H groups in total. The molecule has 1 heterocycles. The van der Waals surface area contributed by atoms with Crippen LogP contribution in [0, 0.1) is 6.92 Å². The first-order valence-electron chi connectivity index (χ1n) is 12.0. The Bertz CT molecular complexity index is 1200. The van der Waals surface area contributed by atoms with Gasteiger partial charge in [0, 0.05) is 36.2 Å². The van der Waals surface area contributed by atoms with E-state index in [9.17, 15) is 4.79 Å². The van der Waals surface area contributed by atoms with Gasteiger partial charge in [0.05, 0.1) is 5.92 Å². The van der Waals surface area contributed by atoms with E-state index < -0.39 is 5.92 Å². The molecular formula is C29H31N5O. The van der Waals surface area contributed by atoms with Gasteiger partial charge in [-0.25, -0.2) is 4.98 Å². The predicted octanol–water partition coefficient (Wildman–Crippen LogP) is 6.15. The first-order chi connectivity index (χ1) is 17.1. The van der Waals surface area contributed by atoms with Crippen LogP contribution >= 0.6 is 0 Å². The normalized spacial score (nSPS) is 10.7. The zero-order valence-corrected chi connectivity index (χ0v) is 20.4. The Morgan fingerprint density at radius 2 is 1.34 bits per heavy atom. The summed E-state index contributed by atoms with van der Waals surface area (Å²) in [7, 11) is 0. The van der Waals surface area contributed by atoms with Crippen molar-refractivity contribution >= 4 is 29.0 Å². The van der Waals surface area contributed by atoms with Crippen molar-refractivity contribution in [3.8, 4) is 0 Å². The van der Waals surface area contributed by atoms with E-state index in [0.717, 1.165) is 47.1 Å². The Balaban J connectivity index is 1.50. The van der Waals surface area contributed by atoms with Crippen LogP contribution < -0.4 is 15.5 Å². The lowest BCUT2D eigenvalue weighted by atomic mass is 9.90. The van der Waals surface area contributed by atoms with Gasteiger partial charge in [-0.1, -0.05) is 60.7 Å². The molecule has 1 amide bonds. The number of hydrogen-bond donors (Lipinski definition) is 2. The minimum absolute atomic E-state index is 0.0750. The summed E-state index contributed by atoms with van der Waals surface area (Å²) in [6.07, 6.45) is 0. The van der Waals surface area contributed by atoms with Gasteiger partial charge in [0.2, 0.25) is 11.9 Å². The van der Waals surface area contributed by atoms with Crippen molar-refractivity contribution in [2.24, 2.45) is 0 Å². The topological polar surface area (TPSA) is 70.2 Å². The lowest BCUT2D eigenvalue weighted by Crippen LogP contribution is -2.23. The monoisotopic (exact) mass is 465 g/mol. The van der Waals surface area contributed by atoms with E-state index >= 15 is 0 Å². The van der Waals surface area contributed by atoms with Crippen LogP contribution in [0.4, 0.5) is 23.1 Å². The molecule has 0 spiro atoms. The second-order valence-corrected chi connectivity index (χ2v) is 8.31. The molecule has 4 rings (SSSR count). The van der Waals surface area contributed by atoms with E-state index in [0.29, 0.717) is 5.95 Å². The van der Waals surface area contributed by atoms with Crippen molar-refractivity contribution in [2.45, 2.75) is 26.7 Å². The third-order valence-electron chi connectivity index (χ3n) is 5.86. The van der Waals surface area contributed by atoms with Crippen LogP contribution in [0.5, 0.6) is 0 Å². The maximum atomic E-state index is 13.3. The van der Waals surface area contributed by atoms with Gasteiger partial charge in [-0.2, -0.15) is 4.98 Å². The predicted molar refractivity (Wildman–Crippen MR) is 143 cm³/mol. The molecule has 0 saturated carbocycles. The zero-order chi connectivity index (χ0) is 24.6. The van der Waals surface area contributed by atoms with Crippen LogP contribution in [-0.4, -0.2) is 29.0 Å². The van der Waals surface area contributed by atoms with Crippen LogP contribution in [0.3, 0.4) is 0 Å². The van der Waals surface area contributed by atoms with Crippen LogP contribution in [0.25, 0.3) is 0 Å². The van der Waals surface area contributed by atoms with Gasteiger partial charge in [0.25, 0.3) is 0 Å². The number of aromatic nitrogens is 2. The second kappa shape index (κ2) is 11.3. The van der Waals surface area contributed by atoms with Crippen LogP contribution in [0.1, 0.15) is 36.6 Å². The molecule has 1 aromatic heterocycles. The third kappa shape index (κ3) is 6.03. The van der Waals surface area contributed by atoms with E-state index in [1.54, 1.807) is 0 Å². The Hall–Kier alpha value is -4.19. The van der Waals surface area contributed by atoms with Gasteiger partial charge in [0.15, 0.2) is 0 Å². The fourth-order valence-electron chi connectivity index (χ4n) is 4.08. The molecule has 178 valence electrons. The average Bonchev–Trinajstić information content (AvgIpc) is 2.87. The van der Waals surface area contributed by atoms with Crippen molar-refractivity contribution in [3.05, 3.63) is 108 Å². The number of hydrogen-bond acceptors (Lipinski definition) is 5. The number of aryl methyl sites for hydroxylation is 1. The summed E-state index contributed by atoms with van der Waals surface area (Å²) in [4.78, 5) is 24.7. The van der Waals surface area contributed by atoms with Gasteiger partial charge >= 0.3 is 0 Å². The molecule has 0 saturated heterocycles. The summed E-state index contributed by atoms with van der Waals surface area (Å²) in [5, 5.41) is 6.36. The standard InChI is InChI=1S/C29H31N5O/c1-4-34(5-2)26-20-21(3)30-29(33-26)32-25-18-16-24(17-19-25)31-28(35)27(22-12-8-6-9-13-22)23-14-10-7-11-15-23/h6-20,27H,4-5H2,1-3H3,(H,31,35)(H,30,32,33). The summed E-state index contributed by atoms with van der Waals surface area (Å²) < 4.78 is 0. The van der Waals surface area contributed by atoms with Gasteiger partial charge in [0.1, 0.15) is 5.82 Å². The summed E-state index contributed by atoms with van der Waals surface area (Å²) >= 11 is 0. The maximum Gasteiger partial charge on any atom is 0.236 e. The maximum absolute atomic E-state index is 13.3. The van der Waals surface area contributed by atoms with Gasteiger partial charge in [-0.3, -0.25) is 4.79 Å². The molecule has 0 fully saturated rings. The molecule has 0 unspecified atom stereocenters. The van der Waals surface area contributed by atoms with E-state index in [2.05, 4.69) is 39.3 Å². The highest BCUT2D eigenvalue weighted by Gasteiger charge is 2.22. The van der Waals surface area contributed by atoms with Gasteiger partial charge in [-0.15, -0.1) is 0 Å². The zero-order valence-electron chi connectivity index (χ0n) is 20.4. The number of nitrogens with one attached hydrogen (secondary N) is 2. The molecule has 0 aliphatic carbocycles. The number of anilines is 4. The van der Waals surface area contributed by atoms with Crippen molar-refractivity contribution in [2.75, 3.05) is 28.6 Å². The fraction of sp³-hybridized carbons (Fsp3) is 0.207. The van der Waals surface area contributed by atoms with Crippen LogP contribution in [0.15, 0.2) is 91.0 Å². The fourth-order valence-corrected chi connectivity index (χ4v) is 4.08. The summed E-state index contributed by atoms with van der Waals surface area (Å²) in [6.45, 7) is 7.96. The number of benzene rings is 3. The highest BCUT2D eigenvalue weighted by Crippen LogP contribution is 2.27. The number of rotatable bonds is 9. The van der Waals surface area contributed by atoms with Crippen molar-refractivity contribution < 1.29 is 4.79 Å². The minimum atomic E-state index is -0.394. The van der Waals surface area contributed by atoms with E-state index in [1.807, 2.05) is 97.9 Å². The lowest BCUT2D eigenvalue weighted by Gasteiger charge is -2.20. The highest BCUT2D eigenvalue weighted by atomic mass is 16.1. The Morgan fingerprint density at radius 3 is 1.89 bits per heavy atom. The lowest BCUT2D eigenvalue weighted by molar-refractivity contribution is -0.116. The molecule has 6 heteroatoms. The molecule has 4 aromatic rings. The van der Waals surface area contributed by atoms with E-state index in [1.165, 1.54) is 0 Å². The molecule has 0 aliphatic heterocycles.